The Kier molecular flexibility index (Phi) is 4.82. The van der Waals surface area contributed by atoms with Gasteiger partial charge < -0.3 is 15.3 Å². The van der Waals surface area contributed by atoms with Gasteiger partial charge in [0.05, 0.1) is 17.1 Å². The van der Waals surface area contributed by atoms with E-state index in [0.717, 1.165) is 37.7 Å². The van der Waals surface area contributed by atoms with Crippen molar-refractivity contribution in [2.75, 3.05) is 31.5 Å². The van der Waals surface area contributed by atoms with Crippen molar-refractivity contribution in [1.29, 1.82) is 0 Å². The number of anilines is 1. The van der Waals surface area contributed by atoms with E-state index < -0.39 is 0 Å². The molecule has 3 N–H and O–H groups in total. The second kappa shape index (κ2) is 7.25. The summed E-state index contributed by atoms with van der Waals surface area (Å²) in [7, 11) is 0. The molecule has 1 atom stereocenters. The van der Waals surface area contributed by atoms with E-state index in [0.29, 0.717) is 11.2 Å². The van der Waals surface area contributed by atoms with Crippen LogP contribution in [0.4, 0.5) is 5.69 Å². The van der Waals surface area contributed by atoms with Crippen molar-refractivity contribution in [3.8, 4) is 0 Å². The number of hydrogen-bond acceptors (Lipinski definition) is 4. The van der Waals surface area contributed by atoms with E-state index in [-0.39, 0.29) is 17.6 Å². The number of carbonyl (C=O) groups excluding carboxylic acids is 1. The molecule has 2 aromatic rings. The number of H-pyrrole nitrogens is 2. The SMILES string of the molecule is CC(C(=O)Nc1ccc2[nH]c(=O)[nH]c2c1)N1CCN(C2CCCC2)CC1. The van der Waals surface area contributed by atoms with E-state index in [1.165, 1.54) is 25.7 Å². The number of aromatic nitrogens is 2. The molecule has 1 aromatic heterocycles. The highest BCUT2D eigenvalue weighted by atomic mass is 16.2. The van der Waals surface area contributed by atoms with E-state index in [9.17, 15) is 9.59 Å². The van der Waals surface area contributed by atoms with Gasteiger partial charge in [0.25, 0.3) is 0 Å². The van der Waals surface area contributed by atoms with Crippen LogP contribution in [0.1, 0.15) is 32.6 Å². The Balaban J connectivity index is 1.34. The highest BCUT2D eigenvalue weighted by Crippen LogP contribution is 2.24. The van der Waals surface area contributed by atoms with Crippen molar-refractivity contribution >= 4 is 22.6 Å². The maximum Gasteiger partial charge on any atom is 0.323 e. The zero-order valence-electron chi connectivity index (χ0n) is 15.3. The molecule has 0 radical (unpaired) electrons. The molecular weight excluding hydrogens is 330 g/mol. The molecule has 1 unspecified atom stereocenters. The predicted molar refractivity (Wildman–Crippen MR) is 102 cm³/mol. The van der Waals surface area contributed by atoms with Crippen LogP contribution in [0.15, 0.2) is 23.0 Å². The monoisotopic (exact) mass is 357 g/mol. The van der Waals surface area contributed by atoms with Gasteiger partial charge in [0.15, 0.2) is 0 Å². The maximum atomic E-state index is 12.6. The number of amides is 1. The summed E-state index contributed by atoms with van der Waals surface area (Å²) in [6, 6.07) is 6.00. The van der Waals surface area contributed by atoms with Crippen molar-refractivity contribution in [1.82, 2.24) is 19.8 Å². The number of aromatic amines is 2. The largest absolute Gasteiger partial charge is 0.325 e. The molecule has 7 nitrogen and oxygen atoms in total. The first-order valence-electron chi connectivity index (χ1n) is 9.61. The fraction of sp³-hybridized carbons (Fsp3) is 0.579. The molecule has 1 amide bonds. The standard InChI is InChI=1S/C19H27N5O2/c1-13(23-8-10-24(11-9-23)15-4-2-3-5-15)18(25)20-14-6-7-16-17(12-14)22-19(26)21-16/h6-7,12-13,15H,2-5,8-11H2,1H3,(H,20,25)(H2,21,22,26). The van der Waals surface area contributed by atoms with Crippen LogP contribution in [-0.4, -0.2) is 63.9 Å². The Bertz CT molecular complexity index is 828. The highest BCUT2D eigenvalue weighted by molar-refractivity contribution is 5.96. The van der Waals surface area contributed by atoms with Gasteiger partial charge in [-0.05, 0) is 38.0 Å². The Labute approximate surface area is 152 Å². The lowest BCUT2D eigenvalue weighted by atomic mass is 10.1. The minimum absolute atomic E-state index is 0.00320. The van der Waals surface area contributed by atoms with Gasteiger partial charge in [-0.2, -0.15) is 0 Å². The second-order valence-corrected chi connectivity index (χ2v) is 7.51. The van der Waals surface area contributed by atoms with Crippen LogP contribution >= 0.6 is 0 Å². The lowest BCUT2D eigenvalue weighted by molar-refractivity contribution is -0.121. The first-order valence-corrected chi connectivity index (χ1v) is 9.61. The molecule has 2 aliphatic rings. The molecule has 0 bridgehead atoms. The molecule has 1 aliphatic heterocycles. The van der Waals surface area contributed by atoms with Crippen LogP contribution in [-0.2, 0) is 4.79 Å². The quantitative estimate of drug-likeness (QED) is 0.778. The summed E-state index contributed by atoms with van der Waals surface area (Å²) in [5, 5.41) is 2.98. The minimum Gasteiger partial charge on any atom is -0.325 e. The average Bonchev–Trinajstić information content (AvgIpc) is 3.29. The Morgan fingerprint density at radius 3 is 2.54 bits per heavy atom. The molecule has 2 fully saturated rings. The topological polar surface area (TPSA) is 84.2 Å². The predicted octanol–water partition coefficient (Wildman–Crippen LogP) is 1.74. The van der Waals surface area contributed by atoms with Crippen LogP contribution in [0.25, 0.3) is 11.0 Å². The summed E-state index contributed by atoms with van der Waals surface area (Å²) in [4.78, 5) is 34.3. The van der Waals surface area contributed by atoms with Crippen LogP contribution in [0.5, 0.6) is 0 Å². The number of piperazine rings is 1. The van der Waals surface area contributed by atoms with E-state index in [1.54, 1.807) is 12.1 Å². The fourth-order valence-corrected chi connectivity index (χ4v) is 4.28. The maximum absolute atomic E-state index is 12.6. The van der Waals surface area contributed by atoms with Gasteiger partial charge in [-0.3, -0.25) is 14.6 Å². The molecule has 140 valence electrons. The lowest BCUT2D eigenvalue weighted by Gasteiger charge is -2.40. The van der Waals surface area contributed by atoms with Crippen LogP contribution in [0, 0.1) is 0 Å². The zero-order chi connectivity index (χ0) is 18.1. The Morgan fingerprint density at radius 2 is 1.81 bits per heavy atom. The van der Waals surface area contributed by atoms with Gasteiger partial charge >= 0.3 is 5.69 Å². The van der Waals surface area contributed by atoms with Gasteiger partial charge in [-0.1, -0.05) is 12.8 Å². The summed E-state index contributed by atoms with van der Waals surface area (Å²) < 4.78 is 0. The normalized spacial score (nSPS) is 21.3. The van der Waals surface area contributed by atoms with Crippen LogP contribution < -0.4 is 11.0 Å². The Hall–Kier alpha value is -2.12. The molecule has 1 saturated carbocycles. The number of nitrogens with one attached hydrogen (secondary N) is 3. The number of rotatable bonds is 4. The highest BCUT2D eigenvalue weighted by Gasteiger charge is 2.29. The number of benzene rings is 1. The van der Waals surface area contributed by atoms with Crippen LogP contribution in [0.3, 0.4) is 0 Å². The molecule has 7 heteroatoms. The van der Waals surface area contributed by atoms with Crippen molar-refractivity contribution in [3.05, 3.63) is 28.7 Å². The number of hydrogen-bond donors (Lipinski definition) is 3. The number of fused-ring (bicyclic) bond motifs is 1. The number of nitrogens with zero attached hydrogens (tertiary/aromatic N) is 2. The molecule has 26 heavy (non-hydrogen) atoms. The van der Waals surface area contributed by atoms with Gasteiger partial charge in [0.1, 0.15) is 0 Å². The third-order valence-electron chi connectivity index (χ3n) is 5.90. The minimum atomic E-state index is -0.239. The summed E-state index contributed by atoms with van der Waals surface area (Å²) in [5.74, 6) is -0.00320. The molecule has 0 spiro atoms. The van der Waals surface area contributed by atoms with E-state index in [1.807, 2.05) is 13.0 Å². The first-order chi connectivity index (χ1) is 12.6. The van der Waals surface area contributed by atoms with E-state index in [2.05, 4.69) is 25.1 Å². The van der Waals surface area contributed by atoms with Crippen molar-refractivity contribution < 1.29 is 4.79 Å². The lowest BCUT2D eigenvalue weighted by Crippen LogP contribution is -2.54. The zero-order valence-corrected chi connectivity index (χ0v) is 15.3. The van der Waals surface area contributed by atoms with Gasteiger partial charge in [-0.25, -0.2) is 4.79 Å². The molecule has 2 heterocycles. The number of imidazole rings is 1. The smallest absolute Gasteiger partial charge is 0.323 e. The van der Waals surface area contributed by atoms with Crippen LogP contribution in [0.2, 0.25) is 0 Å². The van der Waals surface area contributed by atoms with Crippen molar-refractivity contribution in [2.45, 2.75) is 44.7 Å². The fourth-order valence-electron chi connectivity index (χ4n) is 4.28. The van der Waals surface area contributed by atoms with E-state index >= 15 is 0 Å². The molecule has 1 aromatic carbocycles. The van der Waals surface area contributed by atoms with Gasteiger partial charge in [-0.15, -0.1) is 0 Å². The third-order valence-corrected chi connectivity index (χ3v) is 5.90. The van der Waals surface area contributed by atoms with Crippen molar-refractivity contribution in [2.24, 2.45) is 0 Å². The number of carbonyl (C=O) groups is 1. The Morgan fingerprint density at radius 1 is 1.12 bits per heavy atom. The first kappa shape index (κ1) is 17.3. The summed E-state index contributed by atoms with van der Waals surface area (Å²) in [5.41, 5.74) is 1.90. The molecule has 4 rings (SSSR count). The molecule has 1 saturated heterocycles. The molecular formula is C19H27N5O2. The summed E-state index contributed by atoms with van der Waals surface area (Å²) in [6.45, 7) is 5.96. The second-order valence-electron chi connectivity index (χ2n) is 7.51. The molecule has 1 aliphatic carbocycles. The average molecular weight is 357 g/mol. The van der Waals surface area contributed by atoms with Gasteiger partial charge in [0.2, 0.25) is 5.91 Å². The van der Waals surface area contributed by atoms with E-state index in [4.69, 9.17) is 0 Å². The van der Waals surface area contributed by atoms with Crippen molar-refractivity contribution in [3.63, 3.8) is 0 Å². The third kappa shape index (κ3) is 3.54. The summed E-state index contributed by atoms with van der Waals surface area (Å²) in [6.07, 6.45) is 5.39. The summed E-state index contributed by atoms with van der Waals surface area (Å²) >= 11 is 0. The van der Waals surface area contributed by atoms with Gasteiger partial charge in [0, 0.05) is 37.9 Å².